The Kier molecular flexibility index (Phi) is 4.57. The first-order chi connectivity index (χ1) is 12.2. The van der Waals surface area contributed by atoms with Crippen LogP contribution in [0.3, 0.4) is 0 Å². The first-order valence-corrected chi connectivity index (χ1v) is 8.76. The molecule has 1 unspecified atom stereocenters. The van der Waals surface area contributed by atoms with Crippen molar-refractivity contribution in [1.29, 1.82) is 0 Å². The molecule has 1 saturated heterocycles. The number of fused-ring (bicyclic) bond motifs is 1. The van der Waals surface area contributed by atoms with E-state index in [0.29, 0.717) is 18.9 Å². The van der Waals surface area contributed by atoms with E-state index in [1.165, 1.54) is 5.56 Å². The Bertz CT molecular complexity index is 738. The Labute approximate surface area is 145 Å². The molecule has 1 aliphatic carbocycles. The summed E-state index contributed by atoms with van der Waals surface area (Å²) in [6.45, 7) is 1.18. The highest BCUT2D eigenvalue weighted by atomic mass is 19.3. The molecule has 2 aliphatic rings. The zero-order valence-electron chi connectivity index (χ0n) is 14.0. The van der Waals surface area contributed by atoms with Crippen molar-refractivity contribution in [2.24, 2.45) is 0 Å². The van der Waals surface area contributed by atoms with Gasteiger partial charge in [-0.1, -0.05) is 0 Å². The molecular formula is C18H21F2N5. The first-order valence-electron chi connectivity index (χ1n) is 8.76. The van der Waals surface area contributed by atoms with Gasteiger partial charge in [0.2, 0.25) is 0 Å². The van der Waals surface area contributed by atoms with Crippen molar-refractivity contribution in [3.63, 3.8) is 0 Å². The minimum Gasteiger partial charge on any atom is -0.366 e. The average molecular weight is 345 g/mol. The number of aromatic nitrogens is 3. The Morgan fingerprint density at radius 3 is 3.00 bits per heavy atom. The van der Waals surface area contributed by atoms with Gasteiger partial charge in [0.25, 0.3) is 6.43 Å². The topological polar surface area (TPSA) is 53.9 Å². The van der Waals surface area contributed by atoms with Gasteiger partial charge in [0.15, 0.2) is 5.82 Å². The molecule has 0 bridgehead atoms. The van der Waals surface area contributed by atoms with E-state index >= 15 is 0 Å². The summed E-state index contributed by atoms with van der Waals surface area (Å²) < 4.78 is 25.1. The van der Waals surface area contributed by atoms with Crippen molar-refractivity contribution in [1.82, 2.24) is 19.9 Å². The van der Waals surface area contributed by atoms with Gasteiger partial charge in [-0.2, -0.15) is 0 Å². The molecule has 0 amide bonds. The summed E-state index contributed by atoms with van der Waals surface area (Å²) >= 11 is 0. The second kappa shape index (κ2) is 7.00. The molecule has 2 aromatic heterocycles. The number of rotatable bonds is 5. The molecule has 1 N–H and O–H groups in total. The molecule has 0 saturated carbocycles. The molecule has 1 fully saturated rings. The third-order valence-electron chi connectivity index (χ3n) is 4.86. The fraction of sp³-hybridized carbons (Fsp3) is 0.500. The molecule has 5 nitrogen and oxygen atoms in total. The van der Waals surface area contributed by atoms with Crippen LogP contribution in [0.1, 0.15) is 24.1 Å². The summed E-state index contributed by atoms with van der Waals surface area (Å²) in [6.07, 6.45) is 5.08. The Balaban J connectivity index is 1.56. The van der Waals surface area contributed by atoms with Crippen LogP contribution in [0.15, 0.2) is 24.5 Å². The van der Waals surface area contributed by atoms with Crippen molar-refractivity contribution < 1.29 is 8.78 Å². The molecule has 0 spiro atoms. The van der Waals surface area contributed by atoms with Gasteiger partial charge in [-0.3, -0.25) is 9.88 Å². The number of pyridine rings is 1. The van der Waals surface area contributed by atoms with E-state index in [-0.39, 0.29) is 12.6 Å². The number of likely N-dealkylation sites (tertiary alicyclic amines) is 1. The van der Waals surface area contributed by atoms with E-state index in [9.17, 15) is 8.78 Å². The van der Waals surface area contributed by atoms with E-state index in [1.807, 2.05) is 17.0 Å². The lowest BCUT2D eigenvalue weighted by atomic mass is 10.2. The van der Waals surface area contributed by atoms with Crippen molar-refractivity contribution in [2.45, 2.75) is 38.2 Å². The van der Waals surface area contributed by atoms with E-state index in [2.05, 4.69) is 10.3 Å². The number of hydrogen-bond donors (Lipinski definition) is 1. The maximum Gasteiger partial charge on any atom is 0.251 e. The van der Waals surface area contributed by atoms with Crippen LogP contribution in [-0.2, 0) is 12.8 Å². The van der Waals surface area contributed by atoms with Crippen LogP contribution in [0.4, 0.5) is 14.6 Å². The van der Waals surface area contributed by atoms with Gasteiger partial charge in [0, 0.05) is 48.3 Å². The van der Waals surface area contributed by atoms with Crippen LogP contribution in [0.5, 0.6) is 0 Å². The van der Waals surface area contributed by atoms with Crippen LogP contribution in [0, 0.1) is 0 Å². The van der Waals surface area contributed by atoms with E-state index in [4.69, 9.17) is 9.97 Å². The number of hydrogen-bond acceptors (Lipinski definition) is 5. The molecule has 3 heterocycles. The number of aryl methyl sites for hydroxylation is 1. The van der Waals surface area contributed by atoms with E-state index in [1.54, 1.807) is 12.4 Å². The lowest BCUT2D eigenvalue weighted by Gasteiger charge is -2.18. The SMILES string of the molecule is FC(F)CN1CCC(Nc2nc(-c3cccnc3)nc3c2CCC3)C1. The molecule has 0 aromatic carbocycles. The quantitative estimate of drug-likeness (QED) is 0.903. The van der Waals surface area contributed by atoms with Crippen LogP contribution in [-0.4, -0.2) is 52.0 Å². The average Bonchev–Trinajstić information content (AvgIpc) is 3.24. The Hall–Kier alpha value is -2.15. The van der Waals surface area contributed by atoms with E-state index < -0.39 is 6.43 Å². The maximum absolute atomic E-state index is 12.6. The molecule has 2 aromatic rings. The largest absolute Gasteiger partial charge is 0.366 e. The number of alkyl halides is 2. The predicted octanol–water partition coefficient (Wildman–Crippen LogP) is 2.78. The fourth-order valence-electron chi connectivity index (χ4n) is 3.68. The highest BCUT2D eigenvalue weighted by Crippen LogP contribution is 2.30. The summed E-state index contributed by atoms with van der Waals surface area (Å²) in [5.74, 6) is 1.55. The van der Waals surface area contributed by atoms with Gasteiger partial charge < -0.3 is 5.32 Å². The Morgan fingerprint density at radius 2 is 2.20 bits per heavy atom. The number of halogens is 2. The Morgan fingerprint density at radius 1 is 1.28 bits per heavy atom. The van der Waals surface area contributed by atoms with E-state index in [0.717, 1.165) is 42.8 Å². The molecule has 1 aliphatic heterocycles. The smallest absolute Gasteiger partial charge is 0.251 e. The van der Waals surface area contributed by atoms with Crippen LogP contribution < -0.4 is 5.32 Å². The van der Waals surface area contributed by atoms with Crippen LogP contribution in [0.25, 0.3) is 11.4 Å². The summed E-state index contributed by atoms with van der Waals surface area (Å²) in [4.78, 5) is 15.4. The monoisotopic (exact) mass is 345 g/mol. The van der Waals surface area contributed by atoms with Gasteiger partial charge in [0.05, 0.1) is 6.54 Å². The molecule has 7 heteroatoms. The summed E-state index contributed by atoms with van der Waals surface area (Å²) in [5.41, 5.74) is 3.17. The fourth-order valence-corrected chi connectivity index (χ4v) is 3.68. The van der Waals surface area contributed by atoms with Gasteiger partial charge in [-0.15, -0.1) is 0 Å². The number of nitrogens with one attached hydrogen (secondary N) is 1. The lowest BCUT2D eigenvalue weighted by molar-refractivity contribution is 0.0993. The number of anilines is 1. The molecule has 1 atom stereocenters. The van der Waals surface area contributed by atoms with Gasteiger partial charge >= 0.3 is 0 Å². The minimum atomic E-state index is -2.28. The zero-order chi connectivity index (χ0) is 17.2. The van der Waals surface area contributed by atoms with Crippen LogP contribution >= 0.6 is 0 Å². The zero-order valence-corrected chi connectivity index (χ0v) is 14.0. The second-order valence-corrected chi connectivity index (χ2v) is 6.70. The van der Waals surface area contributed by atoms with Gasteiger partial charge in [-0.05, 0) is 37.8 Å². The molecule has 4 rings (SSSR count). The first kappa shape index (κ1) is 16.3. The molecule has 132 valence electrons. The summed E-state index contributed by atoms with van der Waals surface area (Å²) in [5, 5.41) is 3.50. The normalized spacial score (nSPS) is 20.2. The van der Waals surface area contributed by atoms with Crippen molar-refractivity contribution in [3.05, 3.63) is 35.8 Å². The molecule has 0 radical (unpaired) electrons. The lowest BCUT2D eigenvalue weighted by Crippen LogP contribution is -2.30. The highest BCUT2D eigenvalue weighted by Gasteiger charge is 2.27. The maximum atomic E-state index is 12.6. The predicted molar refractivity (Wildman–Crippen MR) is 91.8 cm³/mol. The van der Waals surface area contributed by atoms with Crippen molar-refractivity contribution in [3.8, 4) is 11.4 Å². The highest BCUT2D eigenvalue weighted by molar-refractivity contribution is 5.60. The minimum absolute atomic E-state index is 0.152. The van der Waals surface area contributed by atoms with Gasteiger partial charge in [0.1, 0.15) is 5.82 Å². The third kappa shape index (κ3) is 3.61. The van der Waals surface area contributed by atoms with Gasteiger partial charge in [-0.25, -0.2) is 18.7 Å². The standard InChI is InChI=1S/C18H21F2N5/c19-16(20)11-25-8-6-13(10-25)22-18-14-4-1-5-15(14)23-17(24-18)12-3-2-7-21-9-12/h2-3,7,9,13,16H,1,4-6,8,10-11H2,(H,22,23,24). The number of nitrogens with zero attached hydrogens (tertiary/aromatic N) is 4. The third-order valence-corrected chi connectivity index (χ3v) is 4.86. The second-order valence-electron chi connectivity index (χ2n) is 6.70. The van der Waals surface area contributed by atoms with Crippen molar-refractivity contribution >= 4 is 5.82 Å². The molecule has 25 heavy (non-hydrogen) atoms. The van der Waals surface area contributed by atoms with Crippen molar-refractivity contribution in [2.75, 3.05) is 25.0 Å². The summed E-state index contributed by atoms with van der Waals surface area (Å²) in [7, 11) is 0. The summed E-state index contributed by atoms with van der Waals surface area (Å²) in [6, 6.07) is 3.98. The molecular weight excluding hydrogens is 324 g/mol. The van der Waals surface area contributed by atoms with Crippen LogP contribution in [0.2, 0.25) is 0 Å².